The minimum Gasteiger partial charge on any atom is -0.495 e. The molecule has 10 nitrogen and oxygen atoms in total. The normalized spacial score (nSPS) is 10.9. The van der Waals surface area contributed by atoms with Crippen molar-refractivity contribution in [2.75, 3.05) is 24.3 Å². The zero-order valence-corrected chi connectivity index (χ0v) is 18.5. The van der Waals surface area contributed by atoms with Crippen LogP contribution in [0.4, 0.5) is 10.8 Å². The third-order valence-corrected chi connectivity index (χ3v) is 6.74. The number of ether oxygens (including phenoxy) is 2. The Balaban J connectivity index is 1.83. The molecule has 0 aliphatic rings. The molecule has 0 spiro atoms. The maximum Gasteiger partial charge on any atom is 0.337 e. The molecule has 31 heavy (non-hydrogen) atoms. The number of nitrogens with zero attached hydrogens (tertiary/aromatic N) is 2. The van der Waals surface area contributed by atoms with Crippen molar-refractivity contribution in [3.05, 3.63) is 58.6 Å². The van der Waals surface area contributed by atoms with E-state index in [4.69, 9.17) is 16.3 Å². The van der Waals surface area contributed by atoms with Crippen molar-refractivity contribution < 1.29 is 27.5 Å². The number of hydrogen-bond acceptors (Lipinski definition) is 9. The van der Waals surface area contributed by atoms with Crippen LogP contribution in [0.2, 0.25) is 5.02 Å². The number of esters is 1. The minimum absolute atomic E-state index is 0.00209. The van der Waals surface area contributed by atoms with E-state index in [1.54, 1.807) is 18.2 Å². The van der Waals surface area contributed by atoms with Gasteiger partial charge in [-0.25, -0.2) is 4.79 Å². The highest BCUT2D eigenvalue weighted by Crippen LogP contribution is 2.30. The van der Waals surface area contributed by atoms with E-state index in [-0.39, 0.29) is 32.7 Å². The van der Waals surface area contributed by atoms with Gasteiger partial charge >= 0.3 is 5.97 Å². The predicted octanol–water partition coefficient (Wildman–Crippen LogP) is 3.04. The molecule has 0 unspecified atom stereocenters. The van der Waals surface area contributed by atoms with Crippen molar-refractivity contribution >= 4 is 55.7 Å². The molecule has 0 bridgehead atoms. The number of halogens is 1. The highest BCUT2D eigenvalue weighted by Gasteiger charge is 2.24. The average molecular weight is 483 g/mol. The Morgan fingerprint density at radius 3 is 2.52 bits per heavy atom. The molecule has 0 aliphatic carbocycles. The van der Waals surface area contributed by atoms with Crippen LogP contribution in [0, 0.1) is 0 Å². The lowest BCUT2D eigenvalue weighted by molar-refractivity contribution is 0.0600. The molecule has 3 rings (SSSR count). The summed E-state index contributed by atoms with van der Waals surface area (Å²) < 4.78 is 37.1. The van der Waals surface area contributed by atoms with Gasteiger partial charge in [0.05, 0.1) is 36.1 Å². The van der Waals surface area contributed by atoms with E-state index in [1.807, 2.05) is 0 Å². The lowest BCUT2D eigenvalue weighted by Gasteiger charge is -2.11. The first-order valence-electron chi connectivity index (χ1n) is 8.43. The first-order chi connectivity index (χ1) is 14.7. The molecule has 162 valence electrons. The summed E-state index contributed by atoms with van der Waals surface area (Å²) in [6, 6.07) is 10.5. The number of benzene rings is 2. The van der Waals surface area contributed by atoms with Gasteiger partial charge in [0.1, 0.15) is 5.75 Å². The largest absolute Gasteiger partial charge is 0.495 e. The standard InChI is InChI=1S/C18H15ClN4O6S2/c1-28-14-8-7-10(16(25)29-2)9-13(14)23-31(26,27)18-22-21-17(30-18)20-15(24)11-5-3-4-6-12(11)19/h3-9,23H,1-2H3,(H,20,21,24). The van der Waals surface area contributed by atoms with Gasteiger partial charge in [-0.15, -0.1) is 10.2 Å². The second-order valence-corrected chi connectivity index (χ2v) is 9.06. The summed E-state index contributed by atoms with van der Waals surface area (Å²) in [6.07, 6.45) is 0. The number of aromatic nitrogens is 2. The molecule has 1 amide bonds. The number of sulfonamides is 1. The molecule has 0 saturated heterocycles. The molecular weight excluding hydrogens is 468 g/mol. The summed E-state index contributed by atoms with van der Waals surface area (Å²) >= 11 is 6.62. The molecule has 13 heteroatoms. The van der Waals surface area contributed by atoms with E-state index in [0.717, 1.165) is 0 Å². The van der Waals surface area contributed by atoms with Crippen LogP contribution >= 0.6 is 22.9 Å². The van der Waals surface area contributed by atoms with Crippen LogP contribution in [-0.4, -0.2) is 44.7 Å². The van der Waals surface area contributed by atoms with Crippen molar-refractivity contribution in [3.8, 4) is 5.75 Å². The Hall–Kier alpha value is -3.22. The van der Waals surface area contributed by atoms with E-state index < -0.39 is 26.2 Å². The maximum atomic E-state index is 12.7. The van der Waals surface area contributed by atoms with Crippen molar-refractivity contribution in [1.82, 2.24) is 10.2 Å². The highest BCUT2D eigenvalue weighted by atomic mass is 35.5. The average Bonchev–Trinajstić information content (AvgIpc) is 3.22. The van der Waals surface area contributed by atoms with Crippen LogP contribution in [0.3, 0.4) is 0 Å². The first-order valence-corrected chi connectivity index (χ1v) is 11.1. The van der Waals surface area contributed by atoms with Gasteiger partial charge < -0.3 is 9.47 Å². The fourth-order valence-electron chi connectivity index (χ4n) is 2.40. The summed E-state index contributed by atoms with van der Waals surface area (Å²) in [4.78, 5) is 24.1. The summed E-state index contributed by atoms with van der Waals surface area (Å²) in [5.74, 6) is -1.04. The fourth-order valence-corrected chi connectivity index (χ4v) is 4.58. The number of rotatable bonds is 7. The lowest BCUT2D eigenvalue weighted by atomic mass is 10.2. The molecular formula is C18H15ClN4O6S2. The molecule has 0 saturated carbocycles. The van der Waals surface area contributed by atoms with Gasteiger partial charge in [0.25, 0.3) is 20.3 Å². The quantitative estimate of drug-likeness (QED) is 0.387. The summed E-state index contributed by atoms with van der Waals surface area (Å²) in [6.45, 7) is 0. The monoisotopic (exact) mass is 482 g/mol. The number of hydrogen-bond donors (Lipinski definition) is 2. The van der Waals surface area contributed by atoms with Gasteiger partial charge in [-0.1, -0.05) is 35.1 Å². The molecule has 0 radical (unpaired) electrons. The highest BCUT2D eigenvalue weighted by molar-refractivity contribution is 7.94. The number of carbonyl (C=O) groups excluding carboxylic acids is 2. The molecule has 1 heterocycles. The van der Waals surface area contributed by atoms with Gasteiger partial charge in [-0.3, -0.25) is 14.8 Å². The Labute approximate surface area is 186 Å². The smallest absolute Gasteiger partial charge is 0.337 e. The lowest BCUT2D eigenvalue weighted by Crippen LogP contribution is -2.14. The van der Waals surface area contributed by atoms with Gasteiger partial charge in [-0.2, -0.15) is 8.42 Å². The molecule has 0 atom stereocenters. The van der Waals surface area contributed by atoms with E-state index >= 15 is 0 Å². The predicted molar refractivity (Wildman–Crippen MR) is 114 cm³/mol. The van der Waals surface area contributed by atoms with Crippen LogP contribution < -0.4 is 14.8 Å². The summed E-state index contributed by atoms with van der Waals surface area (Å²) in [7, 11) is -1.65. The number of anilines is 2. The van der Waals surface area contributed by atoms with Crippen molar-refractivity contribution in [1.29, 1.82) is 0 Å². The summed E-state index contributed by atoms with van der Waals surface area (Å²) in [5.41, 5.74) is 0.319. The number of amides is 1. The zero-order chi connectivity index (χ0) is 22.6. The topological polar surface area (TPSA) is 137 Å². The Bertz CT molecular complexity index is 1250. The van der Waals surface area contributed by atoms with Crippen LogP contribution in [0.15, 0.2) is 46.8 Å². The van der Waals surface area contributed by atoms with E-state index in [9.17, 15) is 18.0 Å². The van der Waals surface area contributed by atoms with E-state index in [1.165, 1.54) is 38.5 Å². The van der Waals surface area contributed by atoms with Gasteiger partial charge in [0, 0.05) is 0 Å². The molecule has 3 aromatic rings. The second kappa shape index (κ2) is 9.29. The number of carbonyl (C=O) groups is 2. The Morgan fingerprint density at radius 2 is 1.84 bits per heavy atom. The number of nitrogens with one attached hydrogen (secondary N) is 2. The van der Waals surface area contributed by atoms with Gasteiger partial charge in [-0.05, 0) is 30.3 Å². The molecule has 2 aromatic carbocycles. The Kier molecular flexibility index (Phi) is 6.73. The van der Waals surface area contributed by atoms with Crippen LogP contribution in [0.1, 0.15) is 20.7 Å². The fraction of sp³-hybridized carbons (Fsp3) is 0.111. The minimum atomic E-state index is -4.20. The summed E-state index contributed by atoms with van der Waals surface area (Å²) in [5, 5.41) is 9.95. The Morgan fingerprint density at radius 1 is 1.10 bits per heavy atom. The van der Waals surface area contributed by atoms with Crippen molar-refractivity contribution in [3.63, 3.8) is 0 Å². The molecule has 2 N–H and O–H groups in total. The van der Waals surface area contributed by atoms with Crippen LogP contribution in [-0.2, 0) is 14.8 Å². The third-order valence-electron chi connectivity index (χ3n) is 3.84. The van der Waals surface area contributed by atoms with Gasteiger partial charge in [0.15, 0.2) is 0 Å². The molecule has 0 aliphatic heterocycles. The maximum absolute atomic E-state index is 12.7. The zero-order valence-electron chi connectivity index (χ0n) is 16.1. The SMILES string of the molecule is COC(=O)c1ccc(OC)c(NS(=O)(=O)c2nnc(NC(=O)c3ccccc3Cl)s2)c1. The third kappa shape index (κ3) is 5.10. The number of methoxy groups -OCH3 is 2. The molecule has 1 aromatic heterocycles. The molecule has 0 fully saturated rings. The van der Waals surface area contributed by atoms with E-state index in [2.05, 4.69) is 25.0 Å². The van der Waals surface area contributed by atoms with Gasteiger partial charge in [0.2, 0.25) is 5.13 Å². The second-order valence-electron chi connectivity index (χ2n) is 5.82. The first kappa shape index (κ1) is 22.5. The van der Waals surface area contributed by atoms with Crippen molar-refractivity contribution in [2.24, 2.45) is 0 Å². The van der Waals surface area contributed by atoms with E-state index in [0.29, 0.717) is 11.3 Å². The van der Waals surface area contributed by atoms with Crippen molar-refractivity contribution in [2.45, 2.75) is 4.34 Å². The van der Waals surface area contributed by atoms with Crippen LogP contribution in [0.5, 0.6) is 5.75 Å². The van der Waals surface area contributed by atoms with Crippen LogP contribution in [0.25, 0.3) is 0 Å².